The molecular weight excluding hydrogens is 377 g/mol. The van der Waals surface area contributed by atoms with E-state index in [1.165, 1.54) is 0 Å². The zero-order valence-corrected chi connectivity index (χ0v) is 16.1. The van der Waals surface area contributed by atoms with Gasteiger partial charge in [-0.15, -0.1) is 13.2 Å². The molecule has 4 rings (SSSR count). The minimum Gasteiger partial charge on any atom is -0.450 e. The van der Waals surface area contributed by atoms with E-state index in [2.05, 4.69) is 13.2 Å². The summed E-state index contributed by atoms with van der Waals surface area (Å²) in [4.78, 5) is 0. The van der Waals surface area contributed by atoms with E-state index in [-0.39, 0.29) is 29.4 Å². The molecular formula is C24H23F3O2. The second kappa shape index (κ2) is 8.07. The number of rotatable bonds is 5. The van der Waals surface area contributed by atoms with Gasteiger partial charge in [-0.1, -0.05) is 24.3 Å². The van der Waals surface area contributed by atoms with Gasteiger partial charge in [0.2, 0.25) is 5.82 Å². The molecule has 0 N–H and O–H groups in total. The molecule has 152 valence electrons. The first-order valence-electron chi connectivity index (χ1n) is 9.87. The molecule has 0 bridgehead atoms. The molecule has 0 spiro atoms. The first-order chi connectivity index (χ1) is 14.0. The van der Waals surface area contributed by atoms with Gasteiger partial charge in [-0.2, -0.15) is 4.39 Å². The van der Waals surface area contributed by atoms with E-state index < -0.39 is 23.6 Å². The monoisotopic (exact) mass is 400 g/mol. The first kappa shape index (κ1) is 19.8. The molecule has 1 saturated heterocycles. The molecule has 0 aliphatic carbocycles. The summed E-state index contributed by atoms with van der Waals surface area (Å²) >= 11 is 0. The van der Waals surface area contributed by atoms with Crippen LogP contribution >= 0.6 is 0 Å². The predicted molar refractivity (Wildman–Crippen MR) is 106 cm³/mol. The Balaban J connectivity index is 1.66. The van der Waals surface area contributed by atoms with E-state index in [4.69, 9.17) is 9.47 Å². The Morgan fingerprint density at radius 2 is 1.79 bits per heavy atom. The number of ether oxygens (including phenoxy) is 2. The number of aryl methyl sites for hydroxylation is 1. The van der Waals surface area contributed by atoms with E-state index in [1.807, 2.05) is 6.08 Å². The third-order valence-corrected chi connectivity index (χ3v) is 5.72. The van der Waals surface area contributed by atoms with Crippen LogP contribution in [0.5, 0.6) is 11.5 Å². The Morgan fingerprint density at radius 1 is 1.00 bits per heavy atom. The highest BCUT2D eigenvalue weighted by Gasteiger charge is 2.32. The highest BCUT2D eigenvalue weighted by molar-refractivity contribution is 5.54. The maximum Gasteiger partial charge on any atom is 0.201 e. The van der Waals surface area contributed by atoms with Gasteiger partial charge in [0.1, 0.15) is 0 Å². The van der Waals surface area contributed by atoms with E-state index >= 15 is 0 Å². The van der Waals surface area contributed by atoms with E-state index in [9.17, 15) is 13.2 Å². The van der Waals surface area contributed by atoms with Crippen molar-refractivity contribution in [3.63, 3.8) is 0 Å². The Hall–Kier alpha value is -2.53. The van der Waals surface area contributed by atoms with E-state index in [0.29, 0.717) is 42.6 Å². The van der Waals surface area contributed by atoms with Gasteiger partial charge in [0.15, 0.2) is 23.1 Å². The predicted octanol–water partition coefficient (Wildman–Crippen LogP) is 6.57. The summed E-state index contributed by atoms with van der Waals surface area (Å²) < 4.78 is 55.8. The molecule has 0 saturated carbocycles. The number of allylic oxidation sites excluding steroid dienone is 1. The second-order valence-electron chi connectivity index (χ2n) is 7.61. The quantitative estimate of drug-likeness (QED) is 0.451. The molecule has 2 aromatic rings. The number of fused-ring (bicyclic) bond motifs is 2. The van der Waals surface area contributed by atoms with Crippen molar-refractivity contribution in [2.45, 2.75) is 38.2 Å². The Kier molecular flexibility index (Phi) is 5.50. The summed E-state index contributed by atoms with van der Waals surface area (Å²) in [6.07, 6.45) is 5.78. The van der Waals surface area contributed by atoms with Gasteiger partial charge in [-0.3, -0.25) is 0 Å². The van der Waals surface area contributed by atoms with Crippen molar-refractivity contribution < 1.29 is 22.6 Å². The minimum absolute atomic E-state index is 0.0205. The van der Waals surface area contributed by atoms with Crippen LogP contribution in [-0.4, -0.2) is 6.61 Å². The minimum atomic E-state index is -1.09. The van der Waals surface area contributed by atoms with Crippen molar-refractivity contribution in [2.75, 3.05) is 6.61 Å². The maximum absolute atomic E-state index is 14.9. The summed E-state index contributed by atoms with van der Waals surface area (Å²) in [6.45, 7) is 7.83. The van der Waals surface area contributed by atoms with Crippen molar-refractivity contribution in [2.24, 2.45) is 5.92 Å². The molecule has 5 heteroatoms. The molecule has 0 aromatic heterocycles. The van der Waals surface area contributed by atoms with Crippen LogP contribution in [0.2, 0.25) is 0 Å². The third kappa shape index (κ3) is 3.60. The molecule has 2 aliphatic heterocycles. The van der Waals surface area contributed by atoms with Gasteiger partial charge in [-0.25, -0.2) is 8.78 Å². The van der Waals surface area contributed by atoms with Crippen LogP contribution < -0.4 is 4.74 Å². The molecule has 0 amide bonds. The van der Waals surface area contributed by atoms with Crippen molar-refractivity contribution in [3.8, 4) is 11.5 Å². The van der Waals surface area contributed by atoms with Crippen LogP contribution in [-0.2, 0) is 17.6 Å². The average Bonchev–Trinajstić information content (AvgIpc) is 2.75. The lowest BCUT2D eigenvalue weighted by Gasteiger charge is -2.29. The van der Waals surface area contributed by atoms with Gasteiger partial charge < -0.3 is 9.47 Å². The topological polar surface area (TPSA) is 18.5 Å². The second-order valence-corrected chi connectivity index (χ2v) is 7.61. The lowest BCUT2D eigenvalue weighted by atomic mass is 9.91. The van der Waals surface area contributed by atoms with E-state index in [1.54, 1.807) is 24.3 Å². The van der Waals surface area contributed by atoms with Gasteiger partial charge in [0.05, 0.1) is 12.7 Å². The zero-order valence-electron chi connectivity index (χ0n) is 16.1. The Morgan fingerprint density at radius 3 is 2.48 bits per heavy atom. The van der Waals surface area contributed by atoms with Crippen LogP contribution in [0, 0.1) is 23.4 Å². The summed E-state index contributed by atoms with van der Waals surface area (Å²) in [5.74, 6) is -2.63. The van der Waals surface area contributed by atoms with Gasteiger partial charge >= 0.3 is 0 Å². The molecule has 0 radical (unpaired) electrons. The van der Waals surface area contributed by atoms with Crippen molar-refractivity contribution in [1.29, 1.82) is 0 Å². The fourth-order valence-corrected chi connectivity index (χ4v) is 4.01. The number of hydrogen-bond acceptors (Lipinski definition) is 2. The van der Waals surface area contributed by atoms with Gasteiger partial charge in [0, 0.05) is 29.0 Å². The van der Waals surface area contributed by atoms with Crippen LogP contribution in [0.25, 0.3) is 0 Å². The fraction of sp³-hybridized carbons (Fsp3) is 0.333. The highest BCUT2D eigenvalue weighted by atomic mass is 19.2. The van der Waals surface area contributed by atoms with Gasteiger partial charge in [0.25, 0.3) is 0 Å². The lowest BCUT2D eigenvalue weighted by molar-refractivity contribution is -0.00744. The molecule has 2 aliphatic rings. The van der Waals surface area contributed by atoms with Crippen LogP contribution in [0.4, 0.5) is 13.2 Å². The summed E-state index contributed by atoms with van der Waals surface area (Å²) in [7, 11) is 0. The van der Waals surface area contributed by atoms with Crippen LogP contribution in [0.15, 0.2) is 43.5 Å². The van der Waals surface area contributed by atoms with Crippen molar-refractivity contribution >= 4 is 0 Å². The normalized spacial score (nSPS) is 20.4. The zero-order chi connectivity index (χ0) is 20.5. The summed E-state index contributed by atoms with van der Waals surface area (Å²) in [6, 6.07) is 5.10. The SMILES string of the molecule is C=CCCc1ccc2c(c1F)Oc1c(cc(C3CCC(C=C)CO3)c(F)c1F)C2. The molecule has 2 atom stereocenters. The maximum atomic E-state index is 14.9. The third-order valence-electron chi connectivity index (χ3n) is 5.72. The van der Waals surface area contributed by atoms with Crippen molar-refractivity contribution in [3.05, 3.63) is 83.2 Å². The van der Waals surface area contributed by atoms with Gasteiger partial charge in [-0.05, 0) is 37.3 Å². The first-order valence-corrected chi connectivity index (χ1v) is 9.87. The summed E-state index contributed by atoms with van der Waals surface area (Å²) in [5, 5.41) is 0. The lowest BCUT2D eigenvalue weighted by Crippen LogP contribution is -2.21. The number of benzene rings is 2. The smallest absolute Gasteiger partial charge is 0.201 e. The fourth-order valence-electron chi connectivity index (χ4n) is 4.01. The standard InChI is InChI=1S/C24H23F3O2/c1-3-5-6-15-8-9-16-11-17-12-18(19-10-7-14(4-2)13-28-19)21(26)22(27)24(17)29-23(16)20(15)25/h3-4,8-9,12,14,19H,1-2,5-7,10-11,13H2. The Bertz CT molecular complexity index is 959. The Labute approximate surface area is 168 Å². The molecule has 2 heterocycles. The van der Waals surface area contributed by atoms with E-state index in [0.717, 1.165) is 6.42 Å². The van der Waals surface area contributed by atoms with Crippen molar-refractivity contribution in [1.82, 2.24) is 0 Å². The average molecular weight is 400 g/mol. The largest absolute Gasteiger partial charge is 0.450 e. The molecule has 1 fully saturated rings. The molecule has 2 nitrogen and oxygen atoms in total. The molecule has 2 aromatic carbocycles. The molecule has 2 unspecified atom stereocenters. The number of halogens is 3. The van der Waals surface area contributed by atoms with Crippen LogP contribution in [0.3, 0.4) is 0 Å². The van der Waals surface area contributed by atoms with Crippen LogP contribution in [0.1, 0.15) is 47.6 Å². The highest BCUT2D eigenvalue weighted by Crippen LogP contribution is 2.44. The summed E-state index contributed by atoms with van der Waals surface area (Å²) in [5.41, 5.74) is 1.78. The molecule has 29 heavy (non-hydrogen) atoms. The number of hydrogen-bond donors (Lipinski definition) is 0.